The molecule has 4 heteroatoms. The molecule has 0 aliphatic heterocycles. The highest BCUT2D eigenvalue weighted by atomic mass is 35.5. The molecule has 0 fully saturated rings. The largest absolute Gasteiger partial charge is 0.507 e. The summed E-state index contributed by atoms with van der Waals surface area (Å²) in [4.78, 5) is 23.4. The highest BCUT2D eigenvalue weighted by Crippen LogP contribution is 2.29. The predicted molar refractivity (Wildman–Crippen MR) is 60.7 cm³/mol. The number of carbonyl (C=O) groups is 2. The summed E-state index contributed by atoms with van der Waals surface area (Å²) in [5, 5.41) is 9.89. The Bertz CT molecular complexity index is 503. The van der Waals surface area contributed by atoms with Crippen LogP contribution < -0.4 is 0 Å². The number of rotatable bonds is 2. The molecule has 16 heavy (non-hydrogen) atoms. The van der Waals surface area contributed by atoms with Crippen molar-refractivity contribution in [1.82, 2.24) is 0 Å². The predicted octanol–water partition coefficient (Wildman–Crippen LogP) is 2.35. The standard InChI is InChI=1S/C12H9ClO3/c13-6-5-9-10(14)7-3-1-2-4-8(7)11(15)12(9)16/h1-4,14H,5-6H2. The molecule has 0 spiro atoms. The molecule has 1 aromatic rings. The maximum atomic E-state index is 11.7. The number of carbonyl (C=O) groups excluding carboxylic acids is 2. The van der Waals surface area contributed by atoms with Crippen LogP contribution in [0, 0.1) is 0 Å². The molecule has 0 atom stereocenters. The zero-order valence-corrected chi connectivity index (χ0v) is 9.12. The zero-order chi connectivity index (χ0) is 11.7. The summed E-state index contributed by atoms with van der Waals surface area (Å²) < 4.78 is 0. The average molecular weight is 237 g/mol. The van der Waals surface area contributed by atoms with E-state index in [-0.39, 0.29) is 29.2 Å². The van der Waals surface area contributed by atoms with Gasteiger partial charge in [0, 0.05) is 22.6 Å². The highest BCUT2D eigenvalue weighted by molar-refractivity contribution is 6.52. The molecule has 0 heterocycles. The van der Waals surface area contributed by atoms with E-state index in [4.69, 9.17) is 11.6 Å². The molecular formula is C12H9ClO3. The van der Waals surface area contributed by atoms with Crippen molar-refractivity contribution in [2.24, 2.45) is 0 Å². The quantitative estimate of drug-likeness (QED) is 0.634. The summed E-state index contributed by atoms with van der Waals surface area (Å²) in [5.74, 6) is -1.16. The van der Waals surface area contributed by atoms with Gasteiger partial charge in [-0.1, -0.05) is 24.3 Å². The van der Waals surface area contributed by atoms with Crippen LogP contribution in [-0.4, -0.2) is 22.6 Å². The molecule has 0 radical (unpaired) electrons. The third-order valence-corrected chi connectivity index (χ3v) is 2.73. The molecule has 1 N–H and O–H groups in total. The van der Waals surface area contributed by atoms with E-state index >= 15 is 0 Å². The monoisotopic (exact) mass is 236 g/mol. The normalized spacial score (nSPS) is 15.3. The number of aliphatic hydroxyl groups excluding tert-OH is 1. The van der Waals surface area contributed by atoms with Gasteiger partial charge in [-0.25, -0.2) is 0 Å². The number of ketones is 2. The Labute approximate surface area is 97.3 Å². The van der Waals surface area contributed by atoms with Crippen LogP contribution in [0.2, 0.25) is 0 Å². The van der Waals surface area contributed by atoms with Gasteiger partial charge in [0.2, 0.25) is 11.6 Å². The SMILES string of the molecule is O=C1C(=O)c2ccccc2C(O)=C1CCCl. The molecule has 0 aromatic heterocycles. The van der Waals surface area contributed by atoms with E-state index < -0.39 is 11.6 Å². The Morgan fingerprint density at radius 2 is 1.69 bits per heavy atom. The number of allylic oxidation sites excluding steroid dienone is 1. The van der Waals surface area contributed by atoms with Crippen molar-refractivity contribution in [2.45, 2.75) is 6.42 Å². The van der Waals surface area contributed by atoms with Gasteiger partial charge in [-0.3, -0.25) is 9.59 Å². The summed E-state index contributed by atoms with van der Waals surface area (Å²) in [7, 11) is 0. The molecular weight excluding hydrogens is 228 g/mol. The van der Waals surface area contributed by atoms with Gasteiger partial charge in [-0.05, 0) is 6.42 Å². The zero-order valence-electron chi connectivity index (χ0n) is 8.37. The number of halogens is 1. The first-order valence-corrected chi connectivity index (χ1v) is 5.36. The molecule has 1 aromatic carbocycles. The van der Waals surface area contributed by atoms with Crippen LogP contribution in [0.15, 0.2) is 29.8 Å². The first-order chi connectivity index (χ1) is 7.66. The molecule has 2 rings (SSSR count). The molecule has 1 aliphatic rings. The van der Waals surface area contributed by atoms with Crippen LogP contribution in [0.4, 0.5) is 0 Å². The Morgan fingerprint density at radius 3 is 2.31 bits per heavy atom. The minimum absolute atomic E-state index is 0.110. The molecule has 0 saturated carbocycles. The fourth-order valence-electron chi connectivity index (χ4n) is 1.74. The average Bonchev–Trinajstić information content (AvgIpc) is 2.32. The van der Waals surface area contributed by atoms with Gasteiger partial charge >= 0.3 is 0 Å². The minimum atomic E-state index is -0.656. The van der Waals surface area contributed by atoms with Gasteiger partial charge in [0.1, 0.15) is 5.76 Å². The van der Waals surface area contributed by atoms with Crippen molar-refractivity contribution in [2.75, 3.05) is 5.88 Å². The third kappa shape index (κ3) is 1.53. The summed E-state index contributed by atoms with van der Waals surface area (Å²) in [6, 6.07) is 6.51. The van der Waals surface area contributed by atoms with Gasteiger partial charge in [0.25, 0.3) is 0 Å². The second-order valence-corrected chi connectivity index (χ2v) is 3.85. The molecule has 82 valence electrons. The van der Waals surface area contributed by atoms with Gasteiger partial charge in [-0.2, -0.15) is 0 Å². The van der Waals surface area contributed by atoms with Crippen LogP contribution in [0.1, 0.15) is 22.3 Å². The lowest BCUT2D eigenvalue weighted by atomic mass is 9.87. The van der Waals surface area contributed by atoms with Gasteiger partial charge in [0.15, 0.2) is 0 Å². The van der Waals surface area contributed by atoms with Crippen molar-refractivity contribution in [3.05, 3.63) is 41.0 Å². The fraction of sp³-hybridized carbons (Fsp3) is 0.167. The van der Waals surface area contributed by atoms with Crippen molar-refractivity contribution in [1.29, 1.82) is 0 Å². The molecule has 1 aliphatic carbocycles. The smallest absolute Gasteiger partial charge is 0.234 e. The lowest BCUT2D eigenvalue weighted by Crippen LogP contribution is -2.24. The van der Waals surface area contributed by atoms with E-state index in [0.717, 1.165) is 0 Å². The van der Waals surface area contributed by atoms with E-state index in [1.54, 1.807) is 18.2 Å². The lowest BCUT2D eigenvalue weighted by molar-refractivity contribution is -0.112. The summed E-state index contributed by atoms with van der Waals surface area (Å²) in [5.41, 5.74) is 0.772. The second-order valence-electron chi connectivity index (χ2n) is 3.47. The van der Waals surface area contributed by atoms with Crippen LogP contribution in [0.3, 0.4) is 0 Å². The molecule has 0 saturated heterocycles. The van der Waals surface area contributed by atoms with E-state index in [1.807, 2.05) is 0 Å². The van der Waals surface area contributed by atoms with Crippen LogP contribution in [0.25, 0.3) is 5.76 Å². The Hall–Kier alpha value is -1.61. The number of hydrogen-bond donors (Lipinski definition) is 1. The minimum Gasteiger partial charge on any atom is -0.507 e. The number of hydrogen-bond acceptors (Lipinski definition) is 3. The summed E-state index contributed by atoms with van der Waals surface area (Å²) >= 11 is 5.53. The Kier molecular flexibility index (Phi) is 2.79. The van der Waals surface area contributed by atoms with E-state index in [1.165, 1.54) is 6.07 Å². The van der Waals surface area contributed by atoms with Crippen LogP contribution >= 0.6 is 11.6 Å². The fourth-order valence-corrected chi connectivity index (χ4v) is 1.93. The Morgan fingerprint density at radius 1 is 1.06 bits per heavy atom. The van der Waals surface area contributed by atoms with Gasteiger partial charge in [-0.15, -0.1) is 11.6 Å². The van der Waals surface area contributed by atoms with Crippen molar-refractivity contribution < 1.29 is 14.7 Å². The lowest BCUT2D eigenvalue weighted by Gasteiger charge is -2.16. The third-order valence-electron chi connectivity index (χ3n) is 2.54. The first kappa shape index (κ1) is 10.9. The number of alkyl halides is 1. The van der Waals surface area contributed by atoms with Crippen molar-refractivity contribution >= 4 is 28.9 Å². The number of Topliss-reactive ketones (excluding diaryl/α,β-unsaturated/α-hetero) is 2. The Balaban J connectivity index is 2.64. The first-order valence-electron chi connectivity index (χ1n) is 4.83. The topological polar surface area (TPSA) is 54.4 Å². The maximum Gasteiger partial charge on any atom is 0.234 e. The highest BCUT2D eigenvalue weighted by Gasteiger charge is 2.31. The van der Waals surface area contributed by atoms with E-state index in [0.29, 0.717) is 5.56 Å². The molecule has 0 bridgehead atoms. The van der Waals surface area contributed by atoms with Gasteiger partial charge in [0.05, 0.1) is 0 Å². The number of aliphatic hydroxyl groups is 1. The number of benzene rings is 1. The molecule has 0 amide bonds. The van der Waals surface area contributed by atoms with Crippen LogP contribution in [-0.2, 0) is 4.79 Å². The van der Waals surface area contributed by atoms with Crippen molar-refractivity contribution in [3.8, 4) is 0 Å². The van der Waals surface area contributed by atoms with E-state index in [2.05, 4.69) is 0 Å². The van der Waals surface area contributed by atoms with Crippen molar-refractivity contribution in [3.63, 3.8) is 0 Å². The molecule has 3 nitrogen and oxygen atoms in total. The summed E-state index contributed by atoms with van der Waals surface area (Å²) in [6.45, 7) is 0. The summed E-state index contributed by atoms with van der Waals surface area (Å²) in [6.07, 6.45) is 0.201. The maximum absolute atomic E-state index is 11.7. The van der Waals surface area contributed by atoms with Crippen LogP contribution in [0.5, 0.6) is 0 Å². The van der Waals surface area contributed by atoms with E-state index in [9.17, 15) is 14.7 Å². The second kappa shape index (κ2) is 4.10. The number of fused-ring (bicyclic) bond motifs is 1. The van der Waals surface area contributed by atoms with Gasteiger partial charge < -0.3 is 5.11 Å². The molecule has 0 unspecified atom stereocenters.